The summed E-state index contributed by atoms with van der Waals surface area (Å²) in [6.45, 7) is 0. The number of nitrogens with one attached hydrogen (secondary N) is 2. The van der Waals surface area contributed by atoms with Crippen LogP contribution in [0.15, 0.2) is 65.4 Å². The Morgan fingerprint density at radius 3 is 2.48 bits per heavy atom. The van der Waals surface area contributed by atoms with Crippen LogP contribution in [-0.2, 0) is 0 Å². The smallest absolute Gasteiger partial charge is 0.275 e. The van der Waals surface area contributed by atoms with E-state index in [4.69, 9.17) is 4.74 Å². The molecule has 25 heavy (non-hydrogen) atoms. The van der Waals surface area contributed by atoms with Crippen LogP contribution in [0.25, 0.3) is 0 Å². The summed E-state index contributed by atoms with van der Waals surface area (Å²) in [6, 6.07) is 14.7. The first-order valence-electron chi connectivity index (χ1n) is 7.44. The molecular weight excluding hydrogens is 384 g/mol. The molecule has 2 N–H and O–H groups in total. The first-order chi connectivity index (χ1) is 12.1. The fourth-order valence-electron chi connectivity index (χ4n) is 2.09. The van der Waals surface area contributed by atoms with Gasteiger partial charge in [0.2, 0.25) is 0 Å². The topological polar surface area (TPSA) is 76.1 Å². The van der Waals surface area contributed by atoms with E-state index in [9.17, 15) is 4.79 Å². The Balaban J connectivity index is 1.65. The van der Waals surface area contributed by atoms with E-state index >= 15 is 0 Å². The maximum Gasteiger partial charge on any atom is 0.275 e. The summed E-state index contributed by atoms with van der Waals surface area (Å²) < 4.78 is 6.04. The third-order valence-electron chi connectivity index (χ3n) is 3.33. The number of carbonyl (C=O) groups excluding carboxylic acids is 1. The second kappa shape index (κ2) is 7.76. The van der Waals surface area contributed by atoms with Crippen LogP contribution in [0.4, 0.5) is 17.2 Å². The second-order valence-electron chi connectivity index (χ2n) is 5.10. The van der Waals surface area contributed by atoms with E-state index in [2.05, 4.69) is 36.5 Å². The highest BCUT2D eigenvalue weighted by Crippen LogP contribution is 2.19. The van der Waals surface area contributed by atoms with Crippen LogP contribution in [-0.4, -0.2) is 23.0 Å². The maximum atomic E-state index is 12.2. The van der Waals surface area contributed by atoms with Crippen molar-refractivity contribution in [3.8, 4) is 5.75 Å². The lowest BCUT2D eigenvalue weighted by Gasteiger charge is -2.07. The molecule has 0 atom stereocenters. The highest BCUT2D eigenvalue weighted by molar-refractivity contribution is 9.10. The van der Waals surface area contributed by atoms with E-state index in [1.165, 1.54) is 12.4 Å². The molecule has 3 rings (SSSR count). The van der Waals surface area contributed by atoms with Crippen molar-refractivity contribution in [2.45, 2.75) is 0 Å². The van der Waals surface area contributed by atoms with Crippen molar-refractivity contribution in [2.75, 3.05) is 17.7 Å². The Morgan fingerprint density at radius 2 is 1.84 bits per heavy atom. The number of nitrogens with zero attached hydrogens (tertiary/aromatic N) is 2. The fourth-order valence-corrected chi connectivity index (χ4v) is 2.49. The Bertz CT molecular complexity index is 867. The van der Waals surface area contributed by atoms with Gasteiger partial charge in [0.25, 0.3) is 5.91 Å². The van der Waals surface area contributed by atoms with Gasteiger partial charge in [-0.25, -0.2) is 9.97 Å². The molecule has 3 aromatic rings. The lowest BCUT2D eigenvalue weighted by molar-refractivity contribution is 0.102. The monoisotopic (exact) mass is 398 g/mol. The van der Waals surface area contributed by atoms with Crippen LogP contribution >= 0.6 is 15.9 Å². The van der Waals surface area contributed by atoms with Crippen LogP contribution in [0.5, 0.6) is 5.75 Å². The highest BCUT2D eigenvalue weighted by Gasteiger charge is 2.09. The lowest BCUT2D eigenvalue weighted by atomic mass is 10.3. The summed E-state index contributed by atoms with van der Waals surface area (Å²) >= 11 is 3.41. The summed E-state index contributed by atoms with van der Waals surface area (Å²) in [5.74, 6) is 0.950. The molecule has 1 aromatic heterocycles. The van der Waals surface area contributed by atoms with Crippen molar-refractivity contribution < 1.29 is 9.53 Å². The van der Waals surface area contributed by atoms with Gasteiger partial charge >= 0.3 is 0 Å². The predicted molar refractivity (Wildman–Crippen MR) is 100 cm³/mol. The van der Waals surface area contributed by atoms with Crippen molar-refractivity contribution >= 4 is 39.0 Å². The zero-order chi connectivity index (χ0) is 17.6. The molecule has 0 saturated heterocycles. The van der Waals surface area contributed by atoms with E-state index < -0.39 is 0 Å². The first-order valence-corrected chi connectivity index (χ1v) is 8.23. The number of ether oxygens (including phenoxy) is 1. The van der Waals surface area contributed by atoms with Gasteiger partial charge in [-0.05, 0) is 42.5 Å². The van der Waals surface area contributed by atoms with Crippen molar-refractivity contribution in [3.63, 3.8) is 0 Å². The summed E-state index contributed by atoms with van der Waals surface area (Å²) in [4.78, 5) is 20.6. The molecule has 0 unspecified atom stereocenters. The minimum atomic E-state index is -0.327. The van der Waals surface area contributed by atoms with Gasteiger partial charge in [-0.2, -0.15) is 0 Å². The molecule has 7 heteroatoms. The van der Waals surface area contributed by atoms with Crippen molar-refractivity contribution in [3.05, 3.63) is 71.1 Å². The Hall–Kier alpha value is -2.93. The molecule has 0 radical (unpaired) electrons. The molecule has 0 fully saturated rings. The summed E-state index contributed by atoms with van der Waals surface area (Å²) in [7, 11) is 1.59. The number of methoxy groups -OCH3 is 1. The van der Waals surface area contributed by atoms with Crippen LogP contribution in [0.2, 0.25) is 0 Å². The van der Waals surface area contributed by atoms with Gasteiger partial charge < -0.3 is 15.4 Å². The zero-order valence-corrected chi connectivity index (χ0v) is 14.9. The SMILES string of the molecule is COc1ccc(NC(=O)c2cnc(Nc3cccc(Br)c3)cn2)cc1. The third-order valence-corrected chi connectivity index (χ3v) is 3.82. The number of anilines is 3. The second-order valence-corrected chi connectivity index (χ2v) is 6.02. The number of amides is 1. The molecule has 6 nitrogen and oxygen atoms in total. The van der Waals surface area contributed by atoms with Crippen molar-refractivity contribution in [1.82, 2.24) is 9.97 Å². The molecule has 0 spiro atoms. The predicted octanol–water partition coefficient (Wildman–Crippen LogP) is 4.24. The maximum absolute atomic E-state index is 12.2. The third kappa shape index (κ3) is 4.54. The molecule has 0 aliphatic rings. The number of benzene rings is 2. The fraction of sp³-hybridized carbons (Fsp3) is 0.0556. The summed E-state index contributed by atoms with van der Waals surface area (Å²) in [6.07, 6.45) is 2.95. The van der Waals surface area contributed by atoms with Gasteiger partial charge in [0.1, 0.15) is 17.3 Å². The lowest BCUT2D eigenvalue weighted by Crippen LogP contribution is -2.14. The van der Waals surface area contributed by atoms with Gasteiger partial charge in [-0.15, -0.1) is 0 Å². The number of hydrogen-bond acceptors (Lipinski definition) is 5. The van der Waals surface area contributed by atoms with Crippen LogP contribution < -0.4 is 15.4 Å². The molecule has 0 bridgehead atoms. The van der Waals surface area contributed by atoms with Gasteiger partial charge in [-0.3, -0.25) is 4.79 Å². The molecule has 1 amide bonds. The van der Waals surface area contributed by atoms with E-state index in [1.54, 1.807) is 31.4 Å². The standard InChI is InChI=1S/C18H15BrN4O2/c1-25-15-7-5-13(6-8-15)23-18(24)16-10-21-17(11-20-16)22-14-4-2-3-12(19)9-14/h2-11H,1H3,(H,21,22)(H,23,24). The normalized spacial score (nSPS) is 10.2. The van der Waals surface area contributed by atoms with Crippen LogP contribution in [0.3, 0.4) is 0 Å². The van der Waals surface area contributed by atoms with Gasteiger partial charge in [0.05, 0.1) is 19.5 Å². The quantitative estimate of drug-likeness (QED) is 0.671. The molecule has 2 aromatic carbocycles. The molecule has 126 valence electrons. The highest BCUT2D eigenvalue weighted by atomic mass is 79.9. The number of aromatic nitrogens is 2. The largest absolute Gasteiger partial charge is 0.497 e. The molecule has 0 saturated carbocycles. The Kier molecular flexibility index (Phi) is 5.25. The van der Waals surface area contributed by atoms with Crippen molar-refractivity contribution in [2.24, 2.45) is 0 Å². The minimum absolute atomic E-state index is 0.232. The Labute approximate surface area is 153 Å². The number of halogens is 1. The summed E-state index contributed by atoms with van der Waals surface area (Å²) in [5.41, 5.74) is 1.76. The molecule has 0 aliphatic carbocycles. The number of carbonyl (C=O) groups is 1. The molecular formula is C18H15BrN4O2. The average molecular weight is 399 g/mol. The molecule has 0 aliphatic heterocycles. The van der Waals surface area contributed by atoms with E-state index in [0.717, 1.165) is 15.9 Å². The van der Waals surface area contributed by atoms with E-state index in [-0.39, 0.29) is 11.6 Å². The molecule has 1 heterocycles. The first kappa shape index (κ1) is 16.9. The summed E-state index contributed by atoms with van der Waals surface area (Å²) in [5, 5.41) is 5.89. The van der Waals surface area contributed by atoms with Crippen molar-refractivity contribution in [1.29, 1.82) is 0 Å². The number of hydrogen-bond donors (Lipinski definition) is 2. The zero-order valence-electron chi connectivity index (χ0n) is 13.4. The van der Waals surface area contributed by atoms with E-state index in [1.807, 2.05) is 24.3 Å². The van der Waals surface area contributed by atoms with Crippen LogP contribution in [0, 0.1) is 0 Å². The van der Waals surface area contributed by atoms with Gasteiger partial charge in [-0.1, -0.05) is 22.0 Å². The minimum Gasteiger partial charge on any atom is -0.497 e. The Morgan fingerprint density at radius 1 is 1.04 bits per heavy atom. The van der Waals surface area contributed by atoms with Gasteiger partial charge in [0.15, 0.2) is 0 Å². The average Bonchev–Trinajstić information content (AvgIpc) is 2.63. The van der Waals surface area contributed by atoms with Gasteiger partial charge in [0, 0.05) is 15.8 Å². The van der Waals surface area contributed by atoms with E-state index in [0.29, 0.717) is 11.5 Å². The number of rotatable bonds is 5. The van der Waals surface area contributed by atoms with Crippen LogP contribution in [0.1, 0.15) is 10.5 Å².